The smallest absolute Gasteiger partial charge is 0.337 e. The van der Waals surface area contributed by atoms with E-state index >= 15 is 0 Å². The van der Waals surface area contributed by atoms with Crippen LogP contribution in [0.5, 0.6) is 0 Å². The van der Waals surface area contributed by atoms with Crippen LogP contribution in [0.3, 0.4) is 0 Å². The minimum atomic E-state index is -3.36. The molecule has 1 atom stereocenters. The Hall–Kier alpha value is -1.44. The fourth-order valence-corrected chi connectivity index (χ4v) is 3.55. The zero-order chi connectivity index (χ0) is 14.6. The van der Waals surface area contributed by atoms with Crippen LogP contribution in [0, 0.1) is 0 Å². The Morgan fingerprint density at radius 1 is 1.40 bits per heavy atom. The average Bonchev–Trinajstić information content (AvgIpc) is 2.90. The molecule has 0 spiro atoms. The third kappa shape index (κ3) is 4.03. The number of ether oxygens (including phenoxy) is 1. The highest BCUT2D eigenvalue weighted by molar-refractivity contribution is 7.88. The van der Waals surface area contributed by atoms with Gasteiger partial charge in [0.15, 0.2) is 0 Å². The summed E-state index contributed by atoms with van der Waals surface area (Å²) in [6, 6.07) is 6.34. The SMILES string of the molecule is COC(=O)c1ccc(CS(=O)(=O)N[C@H]2CCNC2)cc1. The number of esters is 1. The second-order valence-electron chi connectivity index (χ2n) is 4.76. The molecular formula is C13H18N2O4S. The third-order valence-corrected chi connectivity index (χ3v) is 4.54. The standard InChI is InChI=1S/C13H18N2O4S/c1-19-13(16)11-4-2-10(3-5-11)9-20(17,18)15-12-6-7-14-8-12/h2-5,12,14-15H,6-9H2,1H3/t12-/m0/s1. The van der Waals surface area contributed by atoms with E-state index in [-0.39, 0.29) is 11.8 Å². The van der Waals surface area contributed by atoms with Crippen LogP contribution in [0.4, 0.5) is 0 Å². The number of benzene rings is 1. The second-order valence-corrected chi connectivity index (χ2v) is 6.51. The van der Waals surface area contributed by atoms with E-state index in [0.29, 0.717) is 17.7 Å². The van der Waals surface area contributed by atoms with Gasteiger partial charge in [-0.15, -0.1) is 0 Å². The molecule has 1 aromatic rings. The van der Waals surface area contributed by atoms with Crippen LogP contribution in [0.15, 0.2) is 24.3 Å². The Morgan fingerprint density at radius 2 is 2.10 bits per heavy atom. The fraction of sp³-hybridized carbons (Fsp3) is 0.462. The Kier molecular flexibility index (Phi) is 4.74. The van der Waals surface area contributed by atoms with E-state index in [2.05, 4.69) is 14.8 Å². The van der Waals surface area contributed by atoms with Gasteiger partial charge in [-0.05, 0) is 30.7 Å². The topological polar surface area (TPSA) is 84.5 Å². The molecular weight excluding hydrogens is 280 g/mol. The molecule has 0 amide bonds. The lowest BCUT2D eigenvalue weighted by molar-refractivity contribution is 0.0600. The quantitative estimate of drug-likeness (QED) is 0.762. The Bertz CT molecular complexity index is 563. The molecule has 110 valence electrons. The molecule has 0 aromatic heterocycles. The number of rotatable bonds is 5. The molecule has 1 aliphatic heterocycles. The summed E-state index contributed by atoms with van der Waals surface area (Å²) in [4.78, 5) is 11.3. The summed E-state index contributed by atoms with van der Waals surface area (Å²) in [6.45, 7) is 1.50. The fourth-order valence-electron chi connectivity index (χ4n) is 2.13. The molecule has 1 fully saturated rings. The first-order chi connectivity index (χ1) is 9.50. The van der Waals surface area contributed by atoms with Crippen molar-refractivity contribution in [3.8, 4) is 0 Å². The van der Waals surface area contributed by atoms with Crippen LogP contribution in [0.2, 0.25) is 0 Å². The maximum Gasteiger partial charge on any atom is 0.337 e. The summed E-state index contributed by atoms with van der Waals surface area (Å²) in [7, 11) is -2.06. The summed E-state index contributed by atoms with van der Waals surface area (Å²) in [5.41, 5.74) is 1.04. The van der Waals surface area contributed by atoms with E-state index < -0.39 is 16.0 Å². The van der Waals surface area contributed by atoms with Crippen molar-refractivity contribution in [2.45, 2.75) is 18.2 Å². The first-order valence-corrected chi connectivity index (χ1v) is 8.03. The number of hydrogen-bond donors (Lipinski definition) is 2. The largest absolute Gasteiger partial charge is 0.465 e. The van der Waals surface area contributed by atoms with Crippen LogP contribution >= 0.6 is 0 Å². The maximum atomic E-state index is 12.0. The van der Waals surface area contributed by atoms with Crippen molar-refractivity contribution in [2.24, 2.45) is 0 Å². The molecule has 1 saturated heterocycles. The summed E-state index contributed by atoms with van der Waals surface area (Å²) >= 11 is 0. The lowest BCUT2D eigenvalue weighted by Gasteiger charge is -2.12. The van der Waals surface area contributed by atoms with Gasteiger partial charge in [0.1, 0.15) is 0 Å². The second kappa shape index (κ2) is 6.34. The minimum Gasteiger partial charge on any atom is -0.465 e. The normalized spacial score (nSPS) is 18.9. The first-order valence-electron chi connectivity index (χ1n) is 6.38. The van der Waals surface area contributed by atoms with E-state index in [4.69, 9.17) is 0 Å². The van der Waals surface area contributed by atoms with E-state index in [1.807, 2.05) is 0 Å². The molecule has 0 bridgehead atoms. The predicted octanol–water partition coefficient (Wildman–Crippen LogP) is 0.255. The predicted molar refractivity (Wildman–Crippen MR) is 74.8 cm³/mol. The molecule has 20 heavy (non-hydrogen) atoms. The van der Waals surface area contributed by atoms with Crippen LogP contribution in [-0.2, 0) is 20.5 Å². The van der Waals surface area contributed by atoms with Crippen molar-refractivity contribution in [3.05, 3.63) is 35.4 Å². The molecule has 0 radical (unpaired) electrons. The molecule has 2 N–H and O–H groups in total. The van der Waals surface area contributed by atoms with Crippen LogP contribution < -0.4 is 10.0 Å². The number of carbonyl (C=O) groups excluding carboxylic acids is 1. The molecule has 6 nitrogen and oxygen atoms in total. The van der Waals surface area contributed by atoms with Crippen LogP contribution in [-0.4, -0.2) is 40.6 Å². The van der Waals surface area contributed by atoms with Crippen molar-refractivity contribution in [3.63, 3.8) is 0 Å². The van der Waals surface area contributed by atoms with Crippen LogP contribution in [0.1, 0.15) is 22.3 Å². The highest BCUT2D eigenvalue weighted by Gasteiger charge is 2.21. The summed E-state index contributed by atoms with van der Waals surface area (Å²) in [5, 5.41) is 3.11. The minimum absolute atomic E-state index is 0.0330. The van der Waals surface area contributed by atoms with Crippen LogP contribution in [0.25, 0.3) is 0 Å². The zero-order valence-electron chi connectivity index (χ0n) is 11.3. The van der Waals surface area contributed by atoms with Gasteiger partial charge in [0.05, 0.1) is 18.4 Å². The number of carbonyl (C=O) groups is 1. The number of hydrogen-bond acceptors (Lipinski definition) is 5. The lowest BCUT2D eigenvalue weighted by atomic mass is 10.1. The number of sulfonamides is 1. The van der Waals surface area contributed by atoms with Gasteiger partial charge in [-0.1, -0.05) is 12.1 Å². The third-order valence-electron chi connectivity index (χ3n) is 3.14. The van der Waals surface area contributed by atoms with Crippen molar-refractivity contribution >= 4 is 16.0 Å². The van der Waals surface area contributed by atoms with Gasteiger partial charge in [0.25, 0.3) is 0 Å². The van der Waals surface area contributed by atoms with E-state index in [0.717, 1.165) is 13.0 Å². The Balaban J connectivity index is 1.99. The monoisotopic (exact) mass is 298 g/mol. The average molecular weight is 298 g/mol. The molecule has 0 saturated carbocycles. The van der Waals surface area contributed by atoms with Gasteiger partial charge in [-0.25, -0.2) is 17.9 Å². The molecule has 2 rings (SSSR count). The van der Waals surface area contributed by atoms with E-state index in [1.165, 1.54) is 7.11 Å². The van der Waals surface area contributed by atoms with Gasteiger partial charge >= 0.3 is 5.97 Å². The van der Waals surface area contributed by atoms with Gasteiger partial charge in [0.2, 0.25) is 10.0 Å². The molecule has 1 aromatic carbocycles. The molecule has 7 heteroatoms. The maximum absolute atomic E-state index is 12.0. The first kappa shape index (κ1) is 15.0. The van der Waals surface area contributed by atoms with Crippen molar-refractivity contribution in [2.75, 3.05) is 20.2 Å². The molecule has 0 unspecified atom stereocenters. The van der Waals surface area contributed by atoms with Crippen molar-refractivity contribution in [1.82, 2.24) is 10.0 Å². The zero-order valence-corrected chi connectivity index (χ0v) is 12.1. The Morgan fingerprint density at radius 3 is 2.65 bits per heavy atom. The van der Waals surface area contributed by atoms with Gasteiger partial charge in [-0.2, -0.15) is 0 Å². The van der Waals surface area contributed by atoms with Crippen molar-refractivity contribution in [1.29, 1.82) is 0 Å². The summed E-state index contributed by atoms with van der Waals surface area (Å²) < 4.78 is 31.3. The molecule has 0 aliphatic carbocycles. The van der Waals surface area contributed by atoms with E-state index in [9.17, 15) is 13.2 Å². The van der Waals surface area contributed by atoms with Gasteiger partial charge in [-0.3, -0.25) is 0 Å². The Labute approximate surface area is 118 Å². The van der Waals surface area contributed by atoms with Gasteiger partial charge in [0, 0.05) is 12.6 Å². The highest BCUT2D eigenvalue weighted by Crippen LogP contribution is 2.10. The lowest BCUT2D eigenvalue weighted by Crippen LogP contribution is -2.36. The summed E-state index contributed by atoms with van der Waals surface area (Å²) in [5.74, 6) is -0.528. The highest BCUT2D eigenvalue weighted by atomic mass is 32.2. The summed E-state index contributed by atoms with van der Waals surface area (Å²) in [6.07, 6.45) is 0.806. The van der Waals surface area contributed by atoms with Crippen molar-refractivity contribution < 1.29 is 17.9 Å². The van der Waals surface area contributed by atoms with E-state index in [1.54, 1.807) is 24.3 Å². The molecule has 1 heterocycles. The number of methoxy groups -OCH3 is 1. The number of nitrogens with one attached hydrogen (secondary N) is 2. The molecule has 1 aliphatic rings. The van der Waals surface area contributed by atoms with Gasteiger partial charge < -0.3 is 10.1 Å².